The van der Waals surface area contributed by atoms with Crippen molar-refractivity contribution in [1.29, 1.82) is 5.26 Å². The van der Waals surface area contributed by atoms with Crippen LogP contribution in [0.25, 0.3) is 16.5 Å². The van der Waals surface area contributed by atoms with Crippen LogP contribution < -0.4 is 0 Å². The van der Waals surface area contributed by atoms with E-state index in [4.69, 9.17) is 5.10 Å². The number of nitriles is 1. The first-order valence-corrected chi connectivity index (χ1v) is 7.14. The van der Waals surface area contributed by atoms with Crippen LogP contribution in [0.5, 0.6) is 0 Å². The van der Waals surface area contributed by atoms with Crippen molar-refractivity contribution in [1.82, 2.24) is 9.78 Å². The van der Waals surface area contributed by atoms with E-state index in [0.29, 0.717) is 5.56 Å². The average Bonchev–Trinajstić information content (AvgIpc) is 2.80. The molecule has 0 aliphatic heterocycles. The minimum absolute atomic E-state index is 0.701. The summed E-state index contributed by atoms with van der Waals surface area (Å²) in [6, 6.07) is 14.1. The first-order chi connectivity index (χ1) is 10.2. The van der Waals surface area contributed by atoms with Crippen molar-refractivity contribution in [3.63, 3.8) is 0 Å². The second kappa shape index (κ2) is 5.06. The number of fused-ring (bicyclic) bond motifs is 1. The number of benzene rings is 2. The Labute approximate surface area is 124 Å². The van der Waals surface area contributed by atoms with Gasteiger partial charge in [-0.05, 0) is 38.0 Å². The Hall–Kier alpha value is -2.60. The van der Waals surface area contributed by atoms with Gasteiger partial charge in [-0.15, -0.1) is 0 Å². The first kappa shape index (κ1) is 13.4. The molecule has 0 N–H and O–H groups in total. The highest BCUT2D eigenvalue weighted by Gasteiger charge is 2.14. The molecule has 3 rings (SSSR count). The quantitative estimate of drug-likeness (QED) is 0.707. The van der Waals surface area contributed by atoms with Gasteiger partial charge in [-0.25, -0.2) is 4.68 Å². The first-order valence-electron chi connectivity index (χ1n) is 7.14. The third kappa shape index (κ3) is 2.00. The fourth-order valence-electron chi connectivity index (χ4n) is 2.99. The van der Waals surface area contributed by atoms with Gasteiger partial charge >= 0.3 is 0 Å². The zero-order chi connectivity index (χ0) is 15.0. The van der Waals surface area contributed by atoms with Gasteiger partial charge in [-0.1, -0.05) is 31.2 Å². The summed E-state index contributed by atoms with van der Waals surface area (Å²) in [5.41, 5.74) is 5.27. The summed E-state index contributed by atoms with van der Waals surface area (Å²) in [4.78, 5) is 0. The molecule has 2 aromatic carbocycles. The number of aryl methyl sites for hydroxylation is 1. The second-order valence-corrected chi connectivity index (χ2v) is 5.20. The number of nitrogens with zero attached hydrogens (tertiary/aromatic N) is 3. The van der Waals surface area contributed by atoms with E-state index in [-0.39, 0.29) is 0 Å². The Morgan fingerprint density at radius 3 is 2.43 bits per heavy atom. The summed E-state index contributed by atoms with van der Waals surface area (Å²) < 4.78 is 2.00. The van der Waals surface area contributed by atoms with Gasteiger partial charge in [0, 0.05) is 16.5 Å². The molecule has 0 unspecified atom stereocenters. The number of rotatable bonds is 2. The van der Waals surface area contributed by atoms with Crippen LogP contribution in [0.3, 0.4) is 0 Å². The molecule has 0 amide bonds. The highest BCUT2D eigenvalue weighted by Crippen LogP contribution is 2.27. The third-order valence-electron chi connectivity index (χ3n) is 4.04. The van der Waals surface area contributed by atoms with E-state index < -0.39 is 0 Å². The van der Waals surface area contributed by atoms with Crippen molar-refractivity contribution >= 4 is 10.8 Å². The van der Waals surface area contributed by atoms with Crippen LogP contribution >= 0.6 is 0 Å². The molecular formula is C18H17N3. The molecule has 1 heterocycles. The molecule has 0 spiro atoms. The SMILES string of the molecule is CCc1c(C)nn(-c2ccc(C#N)c3ccccc23)c1C. The summed E-state index contributed by atoms with van der Waals surface area (Å²) in [5, 5.41) is 16.0. The van der Waals surface area contributed by atoms with Crippen LogP contribution in [0.15, 0.2) is 36.4 Å². The minimum atomic E-state index is 0.701. The Kier molecular flexibility index (Phi) is 3.23. The highest BCUT2D eigenvalue weighted by molar-refractivity contribution is 5.94. The van der Waals surface area contributed by atoms with Crippen molar-refractivity contribution in [2.45, 2.75) is 27.2 Å². The summed E-state index contributed by atoms with van der Waals surface area (Å²) in [6.45, 7) is 6.30. The van der Waals surface area contributed by atoms with Crippen molar-refractivity contribution in [3.8, 4) is 11.8 Å². The van der Waals surface area contributed by atoms with Crippen molar-refractivity contribution < 1.29 is 0 Å². The molecule has 0 saturated heterocycles. The lowest BCUT2D eigenvalue weighted by molar-refractivity contribution is 0.838. The van der Waals surface area contributed by atoms with Gasteiger partial charge in [0.05, 0.1) is 23.0 Å². The zero-order valence-electron chi connectivity index (χ0n) is 12.5. The smallest absolute Gasteiger partial charge is 0.0998 e. The molecule has 0 radical (unpaired) electrons. The zero-order valence-corrected chi connectivity index (χ0v) is 12.5. The normalized spacial score (nSPS) is 10.8. The van der Waals surface area contributed by atoms with Gasteiger partial charge < -0.3 is 0 Å². The molecule has 0 saturated carbocycles. The maximum Gasteiger partial charge on any atom is 0.0998 e. The molecule has 0 fully saturated rings. The van der Waals surface area contributed by atoms with E-state index in [2.05, 4.69) is 19.9 Å². The fourth-order valence-corrected chi connectivity index (χ4v) is 2.99. The molecular weight excluding hydrogens is 258 g/mol. The number of aromatic nitrogens is 2. The largest absolute Gasteiger partial charge is 0.237 e. The molecule has 0 aliphatic carbocycles. The summed E-state index contributed by atoms with van der Waals surface area (Å²) in [7, 11) is 0. The number of hydrogen-bond donors (Lipinski definition) is 0. The van der Waals surface area contributed by atoms with Gasteiger partial charge in [0.1, 0.15) is 0 Å². The van der Waals surface area contributed by atoms with E-state index >= 15 is 0 Å². The second-order valence-electron chi connectivity index (χ2n) is 5.20. The molecule has 3 nitrogen and oxygen atoms in total. The van der Waals surface area contributed by atoms with Gasteiger partial charge in [0.15, 0.2) is 0 Å². The lowest BCUT2D eigenvalue weighted by Crippen LogP contribution is -2.01. The van der Waals surface area contributed by atoms with E-state index in [0.717, 1.165) is 28.6 Å². The number of hydrogen-bond acceptors (Lipinski definition) is 2. The Morgan fingerprint density at radius 2 is 1.81 bits per heavy atom. The average molecular weight is 275 g/mol. The minimum Gasteiger partial charge on any atom is -0.237 e. The van der Waals surface area contributed by atoms with Crippen molar-refractivity contribution in [2.24, 2.45) is 0 Å². The predicted octanol–water partition coefficient (Wildman–Crippen LogP) is 4.08. The molecule has 3 aromatic rings. The summed E-state index contributed by atoms with van der Waals surface area (Å²) in [5.74, 6) is 0. The van der Waals surface area contributed by atoms with Crippen LogP contribution in [0.4, 0.5) is 0 Å². The van der Waals surface area contributed by atoms with Gasteiger partial charge in [-0.3, -0.25) is 0 Å². The summed E-state index contributed by atoms with van der Waals surface area (Å²) in [6.07, 6.45) is 0.978. The molecule has 104 valence electrons. The molecule has 0 aliphatic rings. The topological polar surface area (TPSA) is 41.6 Å². The van der Waals surface area contributed by atoms with E-state index in [1.807, 2.05) is 48.0 Å². The predicted molar refractivity (Wildman–Crippen MR) is 84.6 cm³/mol. The maximum absolute atomic E-state index is 9.27. The standard InChI is InChI=1S/C18H17N3/c1-4-15-12(2)20-21(13(15)3)18-10-9-14(11-19)16-7-5-6-8-17(16)18/h5-10H,4H2,1-3H3. The van der Waals surface area contributed by atoms with Gasteiger partial charge in [0.25, 0.3) is 0 Å². The monoisotopic (exact) mass is 275 g/mol. The molecule has 1 aromatic heterocycles. The summed E-state index contributed by atoms with van der Waals surface area (Å²) >= 11 is 0. The van der Waals surface area contributed by atoms with Crippen LogP contribution in [0.1, 0.15) is 29.4 Å². The molecule has 0 bridgehead atoms. The Morgan fingerprint density at radius 1 is 1.10 bits per heavy atom. The molecule has 3 heteroatoms. The van der Waals surface area contributed by atoms with Crippen LogP contribution in [0.2, 0.25) is 0 Å². The van der Waals surface area contributed by atoms with Crippen molar-refractivity contribution in [2.75, 3.05) is 0 Å². The van der Waals surface area contributed by atoms with Crippen LogP contribution in [0, 0.1) is 25.2 Å². The van der Waals surface area contributed by atoms with E-state index in [1.54, 1.807) is 0 Å². The molecule has 21 heavy (non-hydrogen) atoms. The van der Waals surface area contributed by atoms with Crippen molar-refractivity contribution in [3.05, 3.63) is 58.9 Å². The van der Waals surface area contributed by atoms with Gasteiger partial charge in [-0.2, -0.15) is 10.4 Å². The lowest BCUT2D eigenvalue weighted by Gasteiger charge is -2.10. The van der Waals surface area contributed by atoms with Crippen LogP contribution in [-0.4, -0.2) is 9.78 Å². The Balaban J connectivity index is 2.35. The van der Waals surface area contributed by atoms with E-state index in [9.17, 15) is 5.26 Å². The van der Waals surface area contributed by atoms with Gasteiger partial charge in [0.2, 0.25) is 0 Å². The van der Waals surface area contributed by atoms with Crippen LogP contribution in [-0.2, 0) is 6.42 Å². The fraction of sp³-hybridized carbons (Fsp3) is 0.222. The lowest BCUT2D eigenvalue weighted by atomic mass is 10.0. The Bertz CT molecular complexity index is 866. The third-order valence-corrected chi connectivity index (χ3v) is 4.04. The highest BCUT2D eigenvalue weighted by atomic mass is 15.3. The van der Waals surface area contributed by atoms with E-state index in [1.165, 1.54) is 11.3 Å². The molecule has 0 atom stereocenters. The maximum atomic E-state index is 9.27.